The van der Waals surface area contributed by atoms with Crippen molar-refractivity contribution in [2.75, 3.05) is 27.7 Å². The number of likely N-dealkylation sites (N-methyl/N-ethyl adjacent to an activating group) is 1. The van der Waals surface area contributed by atoms with E-state index in [0.29, 0.717) is 4.48 Å². The average molecular weight is 210 g/mol. The third-order valence-corrected chi connectivity index (χ3v) is 2.30. The highest BCUT2D eigenvalue weighted by Gasteiger charge is 2.22. The topological polar surface area (TPSA) is 46.5 Å². The first-order valence-corrected chi connectivity index (χ1v) is 4.65. The number of quaternary nitrogens is 1. The van der Waals surface area contributed by atoms with E-state index in [9.17, 15) is 4.79 Å². The molecule has 0 aromatic heterocycles. The van der Waals surface area contributed by atoms with Crippen molar-refractivity contribution in [1.29, 1.82) is 0 Å². The predicted molar refractivity (Wildman–Crippen MR) is 59.1 cm³/mol. The fourth-order valence-corrected chi connectivity index (χ4v) is 1.42. The van der Waals surface area contributed by atoms with Crippen molar-refractivity contribution in [3.8, 4) is 5.75 Å². The second kappa shape index (κ2) is 4.31. The predicted octanol–water partition coefficient (Wildman–Crippen LogP) is 1.35. The lowest BCUT2D eigenvalue weighted by Crippen LogP contribution is -2.44. The van der Waals surface area contributed by atoms with E-state index in [1.165, 1.54) is 0 Å². The van der Waals surface area contributed by atoms with Crippen molar-refractivity contribution in [1.82, 2.24) is 4.48 Å². The molecule has 0 saturated heterocycles. The first kappa shape index (κ1) is 11.5. The molecule has 1 aromatic carbocycles. The Kier molecular flexibility index (Phi) is 3.31. The van der Waals surface area contributed by atoms with Crippen molar-refractivity contribution in [3.63, 3.8) is 0 Å². The lowest BCUT2D eigenvalue weighted by atomic mass is 10.2. The Morgan fingerprint density at radius 1 is 1.33 bits per heavy atom. The Morgan fingerprint density at radius 2 is 1.87 bits per heavy atom. The molecule has 1 rings (SSSR count). The number of methoxy groups -OCH3 is 1. The van der Waals surface area contributed by atoms with Crippen molar-refractivity contribution >= 4 is 11.7 Å². The number of hydrogen-bond acceptors (Lipinski definition) is 2. The van der Waals surface area contributed by atoms with Crippen LogP contribution in [0.25, 0.3) is 0 Å². The molecule has 0 radical (unpaired) electrons. The summed E-state index contributed by atoms with van der Waals surface area (Å²) >= 11 is 0. The van der Waals surface area contributed by atoms with E-state index in [4.69, 9.17) is 9.84 Å². The molecule has 1 N–H and O–H groups in total. The number of ether oxygens (including phenoxy) is 1. The minimum Gasteiger partial charge on any atom is -0.497 e. The van der Waals surface area contributed by atoms with Crippen LogP contribution in [-0.2, 0) is 4.79 Å². The van der Waals surface area contributed by atoms with Crippen LogP contribution in [-0.4, -0.2) is 38.8 Å². The molecule has 0 aliphatic carbocycles. The van der Waals surface area contributed by atoms with Crippen LogP contribution >= 0.6 is 0 Å². The Labute approximate surface area is 89.3 Å². The quantitative estimate of drug-likeness (QED) is 0.763. The van der Waals surface area contributed by atoms with E-state index in [1.807, 2.05) is 38.4 Å². The number of benzene rings is 1. The molecule has 0 fully saturated rings. The number of carbonyl (C=O) groups is 1. The molecule has 4 heteroatoms. The summed E-state index contributed by atoms with van der Waals surface area (Å²) in [6.45, 7) is 0.0618. The number of aliphatic carboxylic acids is 1. The number of carboxylic acids is 1. The molecule has 0 atom stereocenters. The molecule has 82 valence electrons. The van der Waals surface area contributed by atoms with Crippen LogP contribution in [0.2, 0.25) is 0 Å². The smallest absolute Gasteiger partial charge is 0.359 e. The maximum Gasteiger partial charge on any atom is 0.359 e. The van der Waals surface area contributed by atoms with E-state index >= 15 is 0 Å². The summed E-state index contributed by atoms with van der Waals surface area (Å²) in [5, 5.41) is 8.77. The lowest BCUT2D eigenvalue weighted by Gasteiger charge is -2.27. The van der Waals surface area contributed by atoms with Gasteiger partial charge in [0.05, 0.1) is 21.2 Å². The highest BCUT2D eigenvalue weighted by molar-refractivity contribution is 5.72. The molecule has 0 bridgehead atoms. The van der Waals surface area contributed by atoms with Gasteiger partial charge < -0.3 is 9.84 Å². The van der Waals surface area contributed by atoms with E-state index in [2.05, 4.69) is 0 Å². The van der Waals surface area contributed by atoms with E-state index in [0.717, 1.165) is 11.4 Å². The molecule has 0 spiro atoms. The lowest BCUT2D eigenvalue weighted by molar-refractivity contribution is -0.137. The van der Waals surface area contributed by atoms with Gasteiger partial charge in [-0.25, -0.2) is 4.79 Å². The summed E-state index contributed by atoms with van der Waals surface area (Å²) in [6.07, 6.45) is 0. The fraction of sp³-hybridized carbons (Fsp3) is 0.364. The third kappa shape index (κ3) is 2.95. The van der Waals surface area contributed by atoms with Gasteiger partial charge in [0.25, 0.3) is 0 Å². The fourth-order valence-electron chi connectivity index (χ4n) is 1.42. The maximum absolute atomic E-state index is 10.7. The molecule has 15 heavy (non-hydrogen) atoms. The Hall–Kier alpha value is -1.55. The second-order valence-electron chi connectivity index (χ2n) is 3.93. The standard InChI is InChI=1S/C11H15NO3/c1-12(2,8-11(13)14)9-4-6-10(15-3)7-5-9/h4-7H,8H2,1-3H3/p+1. The molecule has 0 unspecified atom stereocenters. The molecule has 0 saturated carbocycles. The van der Waals surface area contributed by atoms with Crippen LogP contribution in [0.15, 0.2) is 24.3 Å². The van der Waals surface area contributed by atoms with Crippen LogP contribution in [0, 0.1) is 0 Å². The SMILES string of the molecule is COc1ccc([N+](C)(C)CC(=O)O)cc1. The second-order valence-corrected chi connectivity index (χ2v) is 3.93. The average Bonchev–Trinajstić information content (AvgIpc) is 2.16. The monoisotopic (exact) mass is 210 g/mol. The molecule has 0 heterocycles. The minimum atomic E-state index is -0.809. The van der Waals surface area contributed by atoms with Crippen LogP contribution in [0.3, 0.4) is 0 Å². The van der Waals surface area contributed by atoms with Crippen LogP contribution in [0.4, 0.5) is 5.69 Å². The zero-order valence-corrected chi connectivity index (χ0v) is 9.23. The van der Waals surface area contributed by atoms with Crippen LogP contribution < -0.4 is 9.22 Å². The Bertz CT molecular complexity index is 343. The first-order valence-electron chi connectivity index (χ1n) is 4.65. The highest BCUT2D eigenvalue weighted by Crippen LogP contribution is 2.21. The molecule has 0 aliphatic rings. The highest BCUT2D eigenvalue weighted by atomic mass is 16.5. The van der Waals surface area contributed by atoms with E-state index < -0.39 is 5.97 Å². The molecule has 0 aliphatic heterocycles. The largest absolute Gasteiger partial charge is 0.497 e. The summed E-state index contributed by atoms with van der Waals surface area (Å²) in [5.74, 6) is -0.0371. The van der Waals surface area contributed by atoms with Gasteiger partial charge in [-0.1, -0.05) is 0 Å². The van der Waals surface area contributed by atoms with Gasteiger partial charge in [0.2, 0.25) is 0 Å². The molecule has 4 nitrogen and oxygen atoms in total. The summed E-state index contributed by atoms with van der Waals surface area (Å²) in [7, 11) is 5.32. The summed E-state index contributed by atoms with van der Waals surface area (Å²) in [4.78, 5) is 10.7. The Morgan fingerprint density at radius 3 is 2.27 bits per heavy atom. The van der Waals surface area contributed by atoms with Crippen molar-refractivity contribution in [2.45, 2.75) is 0 Å². The van der Waals surface area contributed by atoms with Crippen molar-refractivity contribution in [3.05, 3.63) is 24.3 Å². The van der Waals surface area contributed by atoms with Gasteiger partial charge in [-0.05, 0) is 12.1 Å². The van der Waals surface area contributed by atoms with Crippen molar-refractivity contribution in [2.24, 2.45) is 0 Å². The zero-order chi connectivity index (χ0) is 11.5. The van der Waals surface area contributed by atoms with Gasteiger partial charge in [-0.15, -0.1) is 0 Å². The van der Waals surface area contributed by atoms with Crippen LogP contribution in [0.1, 0.15) is 0 Å². The van der Waals surface area contributed by atoms with Gasteiger partial charge in [-0.3, -0.25) is 4.48 Å². The molecular formula is C11H16NO3+. The van der Waals surface area contributed by atoms with Crippen molar-refractivity contribution < 1.29 is 14.6 Å². The number of rotatable bonds is 4. The third-order valence-electron chi connectivity index (χ3n) is 2.30. The molecule has 1 aromatic rings. The summed E-state index contributed by atoms with van der Waals surface area (Å²) in [6, 6.07) is 7.41. The molecule has 0 amide bonds. The van der Waals surface area contributed by atoms with Gasteiger partial charge in [-0.2, -0.15) is 0 Å². The maximum atomic E-state index is 10.7. The normalized spacial score (nSPS) is 11.1. The van der Waals surface area contributed by atoms with Gasteiger partial charge >= 0.3 is 5.97 Å². The number of nitrogens with zero attached hydrogens (tertiary/aromatic N) is 1. The van der Waals surface area contributed by atoms with E-state index in [-0.39, 0.29) is 6.54 Å². The Balaban J connectivity index is 2.89. The summed E-state index contributed by atoms with van der Waals surface area (Å²) < 4.78 is 5.36. The zero-order valence-electron chi connectivity index (χ0n) is 9.23. The summed E-state index contributed by atoms with van der Waals surface area (Å²) in [5.41, 5.74) is 0.943. The number of carboxylic acid groups (broad SMARTS) is 1. The van der Waals surface area contributed by atoms with Crippen LogP contribution in [0.5, 0.6) is 5.75 Å². The van der Waals surface area contributed by atoms with Gasteiger partial charge in [0, 0.05) is 12.1 Å². The molecular weight excluding hydrogens is 194 g/mol. The van der Waals surface area contributed by atoms with Gasteiger partial charge in [0.15, 0.2) is 6.54 Å². The number of hydrogen-bond donors (Lipinski definition) is 1. The van der Waals surface area contributed by atoms with E-state index in [1.54, 1.807) is 7.11 Å². The minimum absolute atomic E-state index is 0.0618. The van der Waals surface area contributed by atoms with Gasteiger partial charge in [0.1, 0.15) is 11.4 Å². The first-order chi connectivity index (χ1) is 6.95.